The SMILES string of the molecule is CC(=O)OC[C@H]1O[C@H](OC[C@@H](OC(C)=O)[C@@H](OC(C)=O)c2nn(-c3ccccc3)c3nc4ccccc4nc23)[C@H](OC(C)=O)[C@@H](OC(C)=O)[C@H]1OC(C)=O. The number of carbonyl (C=O) groups is 6. The Hall–Kier alpha value is -6.01. The molecule has 4 aromatic rings. The Morgan fingerprint density at radius 3 is 1.85 bits per heavy atom. The monoisotopic (exact) mass is 750 g/mol. The molecular formula is C36H38N4O14. The third kappa shape index (κ3) is 9.50. The van der Waals surface area contributed by atoms with E-state index in [0.29, 0.717) is 22.4 Å². The molecule has 0 amide bonds. The van der Waals surface area contributed by atoms with E-state index in [1.54, 1.807) is 48.5 Å². The van der Waals surface area contributed by atoms with Crippen LogP contribution in [0.15, 0.2) is 54.6 Å². The van der Waals surface area contributed by atoms with Crippen LogP contribution in [0, 0.1) is 0 Å². The third-order valence-corrected chi connectivity index (χ3v) is 7.79. The minimum absolute atomic E-state index is 0.0544. The van der Waals surface area contributed by atoms with E-state index in [4.69, 9.17) is 53.0 Å². The second kappa shape index (κ2) is 17.2. The third-order valence-electron chi connectivity index (χ3n) is 7.79. The summed E-state index contributed by atoms with van der Waals surface area (Å²) in [6, 6.07) is 16.1. The van der Waals surface area contributed by atoms with Gasteiger partial charge in [0.05, 0.1) is 23.3 Å². The Kier molecular flexibility index (Phi) is 12.5. The molecular weight excluding hydrogens is 712 g/mol. The van der Waals surface area contributed by atoms with Gasteiger partial charge in [-0.05, 0) is 24.3 Å². The Morgan fingerprint density at radius 1 is 0.685 bits per heavy atom. The van der Waals surface area contributed by atoms with Crippen LogP contribution in [-0.4, -0.2) is 106 Å². The minimum atomic E-state index is -1.64. The molecule has 1 aliphatic heterocycles. The summed E-state index contributed by atoms with van der Waals surface area (Å²) in [6.07, 6.45) is -10.4. The number of aromatic nitrogens is 4. The highest BCUT2D eigenvalue weighted by atomic mass is 16.7. The summed E-state index contributed by atoms with van der Waals surface area (Å²) < 4.78 is 46.6. The van der Waals surface area contributed by atoms with Gasteiger partial charge < -0.3 is 37.9 Å². The first-order valence-corrected chi connectivity index (χ1v) is 16.7. The number of esters is 6. The van der Waals surface area contributed by atoms with Gasteiger partial charge in [-0.3, -0.25) is 28.8 Å². The molecule has 2 aromatic heterocycles. The maximum Gasteiger partial charge on any atom is 0.303 e. The topological polar surface area (TPSA) is 220 Å². The van der Waals surface area contributed by atoms with Gasteiger partial charge >= 0.3 is 35.8 Å². The van der Waals surface area contributed by atoms with Crippen LogP contribution in [0.4, 0.5) is 0 Å². The lowest BCUT2D eigenvalue weighted by atomic mass is 9.98. The fourth-order valence-corrected chi connectivity index (χ4v) is 5.85. The quantitative estimate of drug-likeness (QED) is 0.142. The Balaban J connectivity index is 1.59. The molecule has 5 rings (SSSR count). The summed E-state index contributed by atoms with van der Waals surface area (Å²) in [7, 11) is 0. The van der Waals surface area contributed by atoms with Gasteiger partial charge in [-0.1, -0.05) is 30.3 Å². The Labute approximate surface area is 307 Å². The normalized spacial score (nSPS) is 20.7. The second-order valence-electron chi connectivity index (χ2n) is 12.1. The zero-order valence-corrected chi connectivity index (χ0v) is 30.2. The van der Waals surface area contributed by atoms with Gasteiger partial charge in [0.15, 0.2) is 42.5 Å². The molecule has 1 aliphatic rings. The van der Waals surface area contributed by atoms with Crippen molar-refractivity contribution in [3.63, 3.8) is 0 Å². The predicted molar refractivity (Wildman–Crippen MR) is 182 cm³/mol. The molecule has 7 atom stereocenters. The number of ether oxygens (including phenoxy) is 8. The average Bonchev–Trinajstić information content (AvgIpc) is 3.46. The van der Waals surface area contributed by atoms with E-state index < -0.39 is 91.9 Å². The number of fused-ring (bicyclic) bond motifs is 2. The van der Waals surface area contributed by atoms with Crippen molar-refractivity contribution in [1.29, 1.82) is 0 Å². The first-order chi connectivity index (χ1) is 25.7. The number of nitrogens with zero attached hydrogens (tertiary/aromatic N) is 4. The summed E-state index contributed by atoms with van der Waals surface area (Å²) in [6.45, 7) is 5.53. The largest absolute Gasteiger partial charge is 0.463 e. The molecule has 0 bridgehead atoms. The molecule has 0 N–H and O–H groups in total. The molecule has 0 saturated carbocycles. The first kappa shape index (κ1) is 39.2. The first-order valence-electron chi connectivity index (χ1n) is 16.7. The molecule has 18 nitrogen and oxygen atoms in total. The van der Waals surface area contributed by atoms with Crippen molar-refractivity contribution in [3.8, 4) is 5.69 Å². The van der Waals surface area contributed by atoms with E-state index in [0.717, 1.165) is 41.5 Å². The van der Waals surface area contributed by atoms with E-state index in [-0.39, 0.29) is 11.2 Å². The van der Waals surface area contributed by atoms with Crippen LogP contribution in [0.25, 0.3) is 27.9 Å². The molecule has 1 fully saturated rings. The fourth-order valence-electron chi connectivity index (χ4n) is 5.85. The zero-order valence-electron chi connectivity index (χ0n) is 30.2. The smallest absolute Gasteiger partial charge is 0.303 e. The van der Waals surface area contributed by atoms with Crippen LogP contribution in [-0.2, 0) is 66.7 Å². The standard InChI is InChI=1S/C36H38N4O14/c1-18(41)47-16-28-32(51-21(4)44)33(52-22(5)45)34(53-23(6)46)36(54-28)48-17-27(49-19(2)42)31(50-20(3)43)29-30-35(38-26-15-11-10-14-25(26)37-30)40(39-29)24-12-8-7-9-13-24/h7-15,27-28,31-34,36H,16-17H2,1-6H3/t27-,28-,31-,32+,33+,34-,36+/m1/s1. The van der Waals surface area contributed by atoms with E-state index in [1.165, 1.54) is 4.68 Å². The summed E-state index contributed by atoms with van der Waals surface area (Å²) >= 11 is 0. The van der Waals surface area contributed by atoms with Gasteiger partial charge in [0.2, 0.25) is 0 Å². The number of benzene rings is 2. The van der Waals surface area contributed by atoms with Gasteiger partial charge in [-0.2, -0.15) is 5.10 Å². The minimum Gasteiger partial charge on any atom is -0.463 e. The molecule has 0 unspecified atom stereocenters. The van der Waals surface area contributed by atoms with E-state index in [1.807, 2.05) is 6.07 Å². The summed E-state index contributed by atoms with van der Waals surface area (Å²) in [4.78, 5) is 83.4. The van der Waals surface area contributed by atoms with Gasteiger partial charge in [0.25, 0.3) is 0 Å². The van der Waals surface area contributed by atoms with Crippen LogP contribution in [0.5, 0.6) is 0 Å². The molecule has 0 aliphatic carbocycles. The number of hydrogen-bond acceptors (Lipinski definition) is 17. The highest BCUT2D eigenvalue weighted by molar-refractivity contribution is 5.87. The molecule has 0 spiro atoms. The fraction of sp³-hybridized carbons (Fsp3) is 0.417. The van der Waals surface area contributed by atoms with Crippen LogP contribution in [0.1, 0.15) is 53.3 Å². The van der Waals surface area contributed by atoms with Crippen molar-refractivity contribution in [2.45, 2.75) is 84.5 Å². The Morgan fingerprint density at radius 2 is 1.26 bits per heavy atom. The van der Waals surface area contributed by atoms with Crippen molar-refractivity contribution >= 4 is 58.0 Å². The van der Waals surface area contributed by atoms with E-state index in [2.05, 4.69) is 0 Å². The van der Waals surface area contributed by atoms with Crippen LogP contribution < -0.4 is 0 Å². The maximum atomic E-state index is 12.7. The van der Waals surface area contributed by atoms with Crippen molar-refractivity contribution in [2.75, 3.05) is 13.2 Å². The predicted octanol–water partition coefficient (Wildman–Crippen LogP) is 2.60. The van der Waals surface area contributed by atoms with Gasteiger partial charge in [-0.25, -0.2) is 14.6 Å². The van der Waals surface area contributed by atoms with Crippen molar-refractivity contribution < 1.29 is 66.7 Å². The van der Waals surface area contributed by atoms with Crippen LogP contribution in [0.2, 0.25) is 0 Å². The molecule has 0 radical (unpaired) electrons. The highest BCUT2D eigenvalue weighted by Crippen LogP contribution is 2.34. The number of carbonyl (C=O) groups excluding carboxylic acids is 6. The van der Waals surface area contributed by atoms with Gasteiger partial charge in [0.1, 0.15) is 23.9 Å². The molecule has 2 aromatic carbocycles. The highest BCUT2D eigenvalue weighted by Gasteiger charge is 2.53. The Bertz CT molecular complexity index is 2040. The maximum absolute atomic E-state index is 12.7. The van der Waals surface area contributed by atoms with Crippen molar-refractivity contribution in [2.24, 2.45) is 0 Å². The van der Waals surface area contributed by atoms with Gasteiger partial charge in [0, 0.05) is 41.5 Å². The lowest BCUT2D eigenvalue weighted by molar-refractivity contribution is -0.312. The molecule has 3 heterocycles. The molecule has 54 heavy (non-hydrogen) atoms. The molecule has 18 heteroatoms. The molecule has 1 saturated heterocycles. The number of para-hydroxylation sites is 3. The van der Waals surface area contributed by atoms with Gasteiger partial charge in [-0.15, -0.1) is 0 Å². The summed E-state index contributed by atoms with van der Waals surface area (Å²) in [5.74, 6) is -4.80. The molecule has 286 valence electrons. The second-order valence-corrected chi connectivity index (χ2v) is 12.1. The number of hydrogen-bond donors (Lipinski definition) is 0. The van der Waals surface area contributed by atoms with E-state index in [9.17, 15) is 28.8 Å². The zero-order chi connectivity index (χ0) is 39.1. The lowest BCUT2D eigenvalue weighted by Gasteiger charge is -2.44. The average molecular weight is 751 g/mol. The lowest BCUT2D eigenvalue weighted by Crippen LogP contribution is -2.63. The number of rotatable bonds is 13. The van der Waals surface area contributed by atoms with Crippen LogP contribution in [0.3, 0.4) is 0 Å². The van der Waals surface area contributed by atoms with Crippen LogP contribution >= 0.6 is 0 Å². The summed E-state index contributed by atoms with van der Waals surface area (Å²) in [5, 5.41) is 4.76. The van der Waals surface area contributed by atoms with Crippen molar-refractivity contribution in [3.05, 3.63) is 60.3 Å². The summed E-state index contributed by atoms with van der Waals surface area (Å²) in [5.41, 5.74) is 2.22. The van der Waals surface area contributed by atoms with E-state index >= 15 is 0 Å². The van der Waals surface area contributed by atoms with Crippen molar-refractivity contribution in [1.82, 2.24) is 19.7 Å².